The molecule has 24 heavy (non-hydrogen) atoms. The van der Waals surface area contributed by atoms with Crippen LogP contribution >= 0.6 is 11.8 Å². The lowest BCUT2D eigenvalue weighted by Gasteiger charge is -2.09. The Balaban J connectivity index is 2.44. The molecule has 0 aromatic carbocycles. The van der Waals surface area contributed by atoms with E-state index >= 15 is 0 Å². The number of halogens is 3. The van der Waals surface area contributed by atoms with Crippen molar-refractivity contribution in [1.82, 2.24) is 25.4 Å². The summed E-state index contributed by atoms with van der Waals surface area (Å²) in [7, 11) is 1.52. The summed E-state index contributed by atoms with van der Waals surface area (Å²) in [5.41, 5.74) is -0.461. The summed E-state index contributed by atoms with van der Waals surface area (Å²) in [5.74, 6) is -1.12. The Hall–Kier alpha value is -2.02. The molecule has 0 atom stereocenters. The second kappa shape index (κ2) is 9.32. The number of aromatic nitrogens is 3. The summed E-state index contributed by atoms with van der Waals surface area (Å²) >= 11 is 0.865. The maximum Gasteiger partial charge on any atom is 0.405 e. The predicted molar refractivity (Wildman–Crippen MR) is 77.7 cm³/mol. The number of thioether (sulfide) groups is 1. The number of nitrogens with one attached hydrogen (secondary N) is 3. The van der Waals surface area contributed by atoms with E-state index in [-0.39, 0.29) is 10.9 Å². The number of H-pyrrole nitrogens is 1. The molecule has 0 fully saturated rings. The fourth-order valence-electron chi connectivity index (χ4n) is 1.50. The van der Waals surface area contributed by atoms with E-state index in [0.717, 1.165) is 11.8 Å². The Kier molecular flexibility index (Phi) is 7.78. The summed E-state index contributed by atoms with van der Waals surface area (Å²) in [6, 6.07) is -1.25. The summed E-state index contributed by atoms with van der Waals surface area (Å²) in [6.45, 7) is -0.793. The molecule has 3 amide bonds. The molecule has 136 valence electrons. The molecule has 0 spiro atoms. The van der Waals surface area contributed by atoms with Crippen LogP contribution < -0.4 is 16.3 Å². The van der Waals surface area contributed by atoms with Gasteiger partial charge in [0.05, 0.1) is 5.75 Å². The third-order valence-electron chi connectivity index (χ3n) is 2.49. The van der Waals surface area contributed by atoms with Crippen LogP contribution in [0.4, 0.5) is 18.0 Å². The van der Waals surface area contributed by atoms with E-state index in [1.807, 2.05) is 0 Å². The molecule has 3 N–H and O–H groups in total. The van der Waals surface area contributed by atoms with Crippen LogP contribution in [0.15, 0.2) is 9.95 Å². The van der Waals surface area contributed by atoms with Crippen molar-refractivity contribution >= 4 is 23.7 Å². The lowest BCUT2D eigenvalue weighted by atomic mass is 10.4. The smallest absolute Gasteiger partial charge is 0.385 e. The molecule has 0 aliphatic heterocycles. The number of aromatic amines is 1. The molecular weight excluding hydrogens is 355 g/mol. The van der Waals surface area contributed by atoms with Gasteiger partial charge in [-0.15, -0.1) is 5.10 Å². The molecule has 1 aromatic heterocycles. The monoisotopic (exact) mass is 371 g/mol. The Morgan fingerprint density at radius 1 is 1.42 bits per heavy atom. The van der Waals surface area contributed by atoms with E-state index < -0.39 is 30.3 Å². The quantitative estimate of drug-likeness (QED) is 0.440. The highest BCUT2D eigenvalue weighted by Gasteiger charge is 2.28. The van der Waals surface area contributed by atoms with Crippen LogP contribution in [0.1, 0.15) is 6.42 Å². The molecule has 0 aliphatic rings. The highest BCUT2D eigenvalue weighted by molar-refractivity contribution is 7.99. The molecular formula is C11H16F3N5O4S. The van der Waals surface area contributed by atoms with E-state index in [0.29, 0.717) is 19.6 Å². The number of hydrogen-bond acceptors (Lipinski definition) is 6. The van der Waals surface area contributed by atoms with Crippen molar-refractivity contribution in [2.75, 3.05) is 26.0 Å². The topological polar surface area (TPSA) is 118 Å². The van der Waals surface area contributed by atoms with Crippen molar-refractivity contribution in [1.29, 1.82) is 0 Å². The normalized spacial score (nSPS) is 11.3. The van der Waals surface area contributed by atoms with Gasteiger partial charge < -0.3 is 10.1 Å². The van der Waals surface area contributed by atoms with Crippen molar-refractivity contribution in [3.05, 3.63) is 10.5 Å². The van der Waals surface area contributed by atoms with Gasteiger partial charge in [0.15, 0.2) is 5.16 Å². The maximum atomic E-state index is 11.9. The van der Waals surface area contributed by atoms with E-state index in [9.17, 15) is 27.6 Å². The van der Waals surface area contributed by atoms with Crippen LogP contribution in [0, 0.1) is 0 Å². The van der Waals surface area contributed by atoms with E-state index in [4.69, 9.17) is 4.74 Å². The van der Waals surface area contributed by atoms with Crippen LogP contribution in [-0.4, -0.2) is 58.9 Å². The molecule has 1 rings (SSSR count). The van der Waals surface area contributed by atoms with Crippen LogP contribution in [-0.2, 0) is 16.1 Å². The first-order valence-electron chi connectivity index (χ1n) is 6.64. The van der Waals surface area contributed by atoms with Gasteiger partial charge >= 0.3 is 17.9 Å². The van der Waals surface area contributed by atoms with Gasteiger partial charge in [0, 0.05) is 20.3 Å². The molecule has 0 bridgehead atoms. The van der Waals surface area contributed by atoms with Crippen molar-refractivity contribution in [3.63, 3.8) is 0 Å². The number of amides is 3. The third-order valence-corrected chi connectivity index (χ3v) is 3.46. The van der Waals surface area contributed by atoms with Crippen molar-refractivity contribution in [2.24, 2.45) is 0 Å². The summed E-state index contributed by atoms with van der Waals surface area (Å²) in [5, 5.41) is 9.43. The number of nitrogens with zero attached hydrogens (tertiary/aromatic N) is 2. The van der Waals surface area contributed by atoms with Gasteiger partial charge in [0.25, 0.3) is 0 Å². The first-order valence-corrected chi connectivity index (χ1v) is 7.63. The van der Waals surface area contributed by atoms with Crippen LogP contribution in [0.25, 0.3) is 0 Å². The molecule has 0 aliphatic carbocycles. The lowest BCUT2D eigenvalue weighted by molar-refractivity contribution is -0.124. The fraction of sp³-hybridized carbons (Fsp3) is 0.636. The lowest BCUT2D eigenvalue weighted by Crippen LogP contribution is -2.44. The number of carbonyl (C=O) groups is 2. The van der Waals surface area contributed by atoms with Crippen LogP contribution in [0.5, 0.6) is 0 Å². The number of methoxy groups -OCH3 is 1. The largest absolute Gasteiger partial charge is 0.405 e. The Labute approximate surface area is 138 Å². The molecule has 1 heterocycles. The summed E-state index contributed by atoms with van der Waals surface area (Å²) < 4.78 is 41.9. The summed E-state index contributed by atoms with van der Waals surface area (Å²) in [4.78, 5) is 34.2. The number of rotatable bonds is 8. The third kappa shape index (κ3) is 7.50. The number of carbonyl (C=O) groups excluding carboxylic acids is 2. The second-order valence-corrected chi connectivity index (χ2v) is 5.39. The van der Waals surface area contributed by atoms with Gasteiger partial charge in [0.2, 0.25) is 5.91 Å². The van der Waals surface area contributed by atoms with Gasteiger partial charge in [-0.3, -0.25) is 14.7 Å². The number of alkyl halides is 3. The number of hydrogen-bond donors (Lipinski definition) is 3. The average molecular weight is 371 g/mol. The van der Waals surface area contributed by atoms with E-state index in [1.54, 1.807) is 5.32 Å². The zero-order valence-electron chi connectivity index (χ0n) is 12.6. The van der Waals surface area contributed by atoms with Crippen molar-refractivity contribution < 1.29 is 27.5 Å². The molecule has 1 aromatic rings. The van der Waals surface area contributed by atoms with Gasteiger partial charge in [-0.2, -0.15) is 13.2 Å². The highest BCUT2D eigenvalue weighted by Crippen LogP contribution is 2.13. The maximum absolute atomic E-state index is 11.9. The molecule has 13 heteroatoms. The SMILES string of the molecule is COCCCn1c(SCC(=O)NC(=O)NCC(F)(F)F)n[nH]c1=O. The van der Waals surface area contributed by atoms with E-state index in [1.165, 1.54) is 17.0 Å². The zero-order chi connectivity index (χ0) is 18.2. The number of urea groups is 1. The first-order chi connectivity index (χ1) is 11.2. The Bertz CT molecular complexity index is 616. The van der Waals surface area contributed by atoms with Gasteiger partial charge in [-0.1, -0.05) is 11.8 Å². The molecule has 9 nitrogen and oxygen atoms in total. The number of ether oxygens (including phenoxy) is 1. The molecule has 0 radical (unpaired) electrons. The molecule has 0 saturated heterocycles. The first kappa shape index (κ1) is 20.0. The van der Waals surface area contributed by atoms with Gasteiger partial charge in [-0.05, 0) is 6.42 Å². The second-order valence-electron chi connectivity index (χ2n) is 4.44. The Morgan fingerprint density at radius 2 is 2.12 bits per heavy atom. The highest BCUT2D eigenvalue weighted by atomic mass is 32.2. The average Bonchev–Trinajstić information content (AvgIpc) is 2.83. The fourth-order valence-corrected chi connectivity index (χ4v) is 2.27. The minimum absolute atomic E-state index is 0.224. The Morgan fingerprint density at radius 3 is 2.75 bits per heavy atom. The summed E-state index contributed by atoms with van der Waals surface area (Å²) in [6.07, 6.45) is -4.02. The minimum atomic E-state index is -4.57. The minimum Gasteiger partial charge on any atom is -0.385 e. The van der Waals surface area contributed by atoms with Crippen molar-refractivity contribution in [2.45, 2.75) is 24.3 Å². The molecule has 0 unspecified atom stereocenters. The standard InChI is InChI=1S/C11H16F3N5O4S/c1-23-4-2-3-19-9(22)17-18-10(19)24-5-7(20)16-8(21)15-6-11(12,13)14/h2-6H2,1H3,(H,17,22)(H2,15,16,20,21). The number of imide groups is 1. The molecule has 0 saturated carbocycles. The van der Waals surface area contributed by atoms with Crippen LogP contribution in [0.3, 0.4) is 0 Å². The van der Waals surface area contributed by atoms with Gasteiger partial charge in [0.1, 0.15) is 6.54 Å². The zero-order valence-corrected chi connectivity index (χ0v) is 13.4. The van der Waals surface area contributed by atoms with Crippen molar-refractivity contribution in [3.8, 4) is 0 Å². The van der Waals surface area contributed by atoms with Crippen LogP contribution in [0.2, 0.25) is 0 Å². The van der Waals surface area contributed by atoms with Gasteiger partial charge in [-0.25, -0.2) is 14.7 Å². The van der Waals surface area contributed by atoms with E-state index in [2.05, 4.69) is 10.2 Å². The predicted octanol–water partition coefficient (Wildman–Crippen LogP) is 0.0881.